The highest BCUT2D eigenvalue weighted by atomic mass is 16.5. The van der Waals surface area contributed by atoms with E-state index in [4.69, 9.17) is 5.11 Å². The van der Waals surface area contributed by atoms with Crippen LogP contribution in [0.5, 0.6) is 0 Å². The van der Waals surface area contributed by atoms with Crippen LogP contribution in [0.3, 0.4) is 0 Å². The molecule has 0 amide bonds. The minimum Gasteiger partial charge on any atom is -0.478 e. The molecule has 0 aromatic carbocycles. The predicted octanol–water partition coefficient (Wildman–Crippen LogP) is 0.149. The number of carboxylic acids is 1. The van der Waals surface area contributed by atoms with Crippen molar-refractivity contribution in [2.24, 2.45) is 0 Å². The van der Waals surface area contributed by atoms with E-state index in [1.54, 1.807) is 0 Å². The van der Waals surface area contributed by atoms with Crippen LogP contribution in [-0.4, -0.2) is 29.9 Å². The zero-order chi connectivity index (χ0) is 10.1. The minimum absolute atomic E-state index is 0.127. The van der Waals surface area contributed by atoms with E-state index >= 15 is 0 Å². The highest BCUT2D eigenvalue weighted by molar-refractivity contribution is 5.90. The summed E-state index contributed by atoms with van der Waals surface area (Å²) in [6.07, 6.45) is 3.03. The van der Waals surface area contributed by atoms with Gasteiger partial charge in [0, 0.05) is 18.6 Å². The molecule has 0 atom stereocenters. The summed E-state index contributed by atoms with van der Waals surface area (Å²) in [6.45, 7) is 0.127. The number of aldehydes is 1. The van der Waals surface area contributed by atoms with Gasteiger partial charge in [0.15, 0.2) is 0 Å². The predicted molar refractivity (Wildman–Crippen MR) is 43.0 cm³/mol. The number of ether oxygens (including phenoxy) is 1. The summed E-state index contributed by atoms with van der Waals surface area (Å²) in [5, 5.41) is 8.13. The molecule has 0 aromatic rings. The van der Waals surface area contributed by atoms with Crippen LogP contribution in [-0.2, 0) is 19.1 Å². The second-order valence-corrected chi connectivity index (χ2v) is 2.15. The molecule has 0 bridgehead atoms. The lowest BCUT2D eigenvalue weighted by molar-refractivity contribution is -0.139. The number of carboxylic acid groups (broad SMARTS) is 1. The van der Waals surface area contributed by atoms with Crippen molar-refractivity contribution in [1.29, 1.82) is 0 Å². The lowest BCUT2D eigenvalue weighted by Crippen LogP contribution is -2.03. The first kappa shape index (κ1) is 11.4. The zero-order valence-corrected chi connectivity index (χ0v) is 6.93. The van der Waals surface area contributed by atoms with Crippen molar-refractivity contribution in [3.63, 3.8) is 0 Å². The molecule has 0 aliphatic rings. The van der Waals surface area contributed by atoms with E-state index in [1.807, 2.05) is 0 Å². The van der Waals surface area contributed by atoms with E-state index in [1.165, 1.54) is 0 Å². The Labute approximate surface area is 75.0 Å². The molecule has 0 radical (unpaired) electrons. The Morgan fingerprint density at radius 2 is 2.00 bits per heavy atom. The first-order valence-electron chi connectivity index (χ1n) is 3.68. The van der Waals surface area contributed by atoms with Gasteiger partial charge in [-0.1, -0.05) is 0 Å². The molecule has 5 nitrogen and oxygen atoms in total. The second-order valence-electron chi connectivity index (χ2n) is 2.15. The average molecular weight is 186 g/mol. The highest BCUT2D eigenvalue weighted by Crippen LogP contribution is 1.88. The third kappa shape index (κ3) is 8.25. The Balaban J connectivity index is 3.51. The van der Waals surface area contributed by atoms with E-state index in [9.17, 15) is 14.4 Å². The Morgan fingerprint density at radius 1 is 1.31 bits per heavy atom. The average Bonchev–Trinajstić information content (AvgIpc) is 2.09. The molecular formula is C8H10O5. The maximum absolute atomic E-state index is 10.6. The third-order valence-electron chi connectivity index (χ3n) is 1.07. The molecule has 0 fully saturated rings. The van der Waals surface area contributed by atoms with Crippen LogP contribution in [0.1, 0.15) is 12.8 Å². The normalized spacial score (nSPS) is 9.85. The summed E-state index contributed by atoms with van der Waals surface area (Å²) in [6, 6.07) is 0. The summed E-state index contributed by atoms with van der Waals surface area (Å²) in [7, 11) is 0. The van der Waals surface area contributed by atoms with E-state index in [2.05, 4.69) is 4.74 Å². The topological polar surface area (TPSA) is 80.7 Å². The van der Waals surface area contributed by atoms with Crippen molar-refractivity contribution >= 4 is 18.2 Å². The van der Waals surface area contributed by atoms with Gasteiger partial charge in [0.25, 0.3) is 0 Å². The van der Waals surface area contributed by atoms with Gasteiger partial charge in [-0.3, -0.25) is 0 Å². The van der Waals surface area contributed by atoms with Crippen molar-refractivity contribution in [1.82, 2.24) is 0 Å². The molecule has 5 heteroatoms. The Hall–Kier alpha value is -1.65. The van der Waals surface area contributed by atoms with Crippen molar-refractivity contribution in [3.8, 4) is 0 Å². The SMILES string of the molecule is O=CCCCOC(=O)/C=C\C(=O)O. The molecular weight excluding hydrogens is 176 g/mol. The molecule has 0 saturated carbocycles. The quantitative estimate of drug-likeness (QED) is 0.276. The number of hydrogen-bond donors (Lipinski definition) is 1. The monoisotopic (exact) mass is 186 g/mol. The van der Waals surface area contributed by atoms with Gasteiger partial charge in [-0.2, -0.15) is 0 Å². The van der Waals surface area contributed by atoms with Gasteiger partial charge in [-0.25, -0.2) is 9.59 Å². The molecule has 0 unspecified atom stereocenters. The van der Waals surface area contributed by atoms with Gasteiger partial charge < -0.3 is 14.6 Å². The molecule has 13 heavy (non-hydrogen) atoms. The molecule has 0 spiro atoms. The fourth-order valence-electron chi connectivity index (χ4n) is 0.527. The molecule has 0 saturated heterocycles. The summed E-state index contributed by atoms with van der Waals surface area (Å²) in [5.41, 5.74) is 0. The van der Waals surface area contributed by atoms with Crippen LogP contribution in [0.25, 0.3) is 0 Å². The van der Waals surface area contributed by atoms with E-state index < -0.39 is 11.9 Å². The highest BCUT2D eigenvalue weighted by Gasteiger charge is 1.97. The van der Waals surface area contributed by atoms with Crippen LogP contribution in [0.15, 0.2) is 12.2 Å². The van der Waals surface area contributed by atoms with Crippen LogP contribution < -0.4 is 0 Å². The Morgan fingerprint density at radius 3 is 2.54 bits per heavy atom. The van der Waals surface area contributed by atoms with Crippen LogP contribution >= 0.6 is 0 Å². The van der Waals surface area contributed by atoms with Gasteiger partial charge in [0.2, 0.25) is 0 Å². The van der Waals surface area contributed by atoms with Crippen LogP contribution in [0.2, 0.25) is 0 Å². The summed E-state index contributed by atoms with van der Waals surface area (Å²) in [4.78, 5) is 30.4. The number of carbonyl (C=O) groups is 3. The van der Waals surface area contributed by atoms with Gasteiger partial charge in [0.05, 0.1) is 6.61 Å². The Kier molecular flexibility index (Phi) is 6.13. The van der Waals surface area contributed by atoms with Crippen molar-refractivity contribution < 1.29 is 24.2 Å². The van der Waals surface area contributed by atoms with E-state index in [-0.39, 0.29) is 6.61 Å². The summed E-state index contributed by atoms with van der Waals surface area (Å²) in [5.74, 6) is -1.92. The van der Waals surface area contributed by atoms with Crippen molar-refractivity contribution in [3.05, 3.63) is 12.2 Å². The fourth-order valence-corrected chi connectivity index (χ4v) is 0.527. The summed E-state index contributed by atoms with van der Waals surface area (Å²) >= 11 is 0. The largest absolute Gasteiger partial charge is 0.478 e. The minimum atomic E-state index is -1.20. The fraction of sp³-hybridized carbons (Fsp3) is 0.375. The smallest absolute Gasteiger partial charge is 0.331 e. The molecule has 1 N–H and O–H groups in total. The lowest BCUT2D eigenvalue weighted by Gasteiger charge is -1.97. The molecule has 72 valence electrons. The first-order chi connectivity index (χ1) is 6.16. The third-order valence-corrected chi connectivity index (χ3v) is 1.07. The van der Waals surface area contributed by atoms with Crippen LogP contribution in [0, 0.1) is 0 Å². The first-order valence-corrected chi connectivity index (χ1v) is 3.68. The molecule has 0 aliphatic heterocycles. The van der Waals surface area contributed by atoms with Gasteiger partial charge in [-0.15, -0.1) is 0 Å². The molecule has 0 heterocycles. The number of esters is 1. The number of carbonyl (C=O) groups excluding carboxylic acids is 2. The summed E-state index contributed by atoms with van der Waals surface area (Å²) < 4.78 is 4.55. The second kappa shape index (κ2) is 7.02. The van der Waals surface area contributed by atoms with E-state index in [0.717, 1.165) is 12.4 Å². The maximum Gasteiger partial charge on any atom is 0.331 e. The number of hydrogen-bond acceptors (Lipinski definition) is 4. The maximum atomic E-state index is 10.6. The standard InChI is InChI=1S/C8H10O5/c9-5-1-2-6-13-8(12)4-3-7(10)11/h3-5H,1-2,6H2,(H,10,11)/b4-3-. The Bertz CT molecular complexity index is 219. The number of rotatable bonds is 6. The number of unbranched alkanes of at least 4 members (excludes halogenated alkanes) is 1. The van der Waals surface area contributed by atoms with Gasteiger partial charge in [0.1, 0.15) is 6.29 Å². The van der Waals surface area contributed by atoms with Gasteiger partial charge >= 0.3 is 11.9 Å². The lowest BCUT2D eigenvalue weighted by atomic mass is 10.3. The van der Waals surface area contributed by atoms with E-state index in [0.29, 0.717) is 18.9 Å². The van der Waals surface area contributed by atoms with Crippen LogP contribution in [0.4, 0.5) is 0 Å². The van der Waals surface area contributed by atoms with Crippen molar-refractivity contribution in [2.45, 2.75) is 12.8 Å². The molecule has 0 aliphatic carbocycles. The van der Waals surface area contributed by atoms with Crippen molar-refractivity contribution in [2.75, 3.05) is 6.61 Å². The van der Waals surface area contributed by atoms with Gasteiger partial charge in [-0.05, 0) is 6.42 Å². The molecule has 0 rings (SSSR count). The molecule has 0 aromatic heterocycles. The number of aliphatic carboxylic acids is 1. The zero-order valence-electron chi connectivity index (χ0n) is 6.93.